The third kappa shape index (κ3) is 3.75. The number of non-ortho nitro benzene ring substituents is 1. The summed E-state index contributed by atoms with van der Waals surface area (Å²) in [6, 6.07) is 2.09. The molecule has 0 aromatic heterocycles. The van der Waals surface area contributed by atoms with Gasteiger partial charge < -0.3 is 10.1 Å². The number of hydrogen-bond donors (Lipinski definition) is 1. The van der Waals surface area contributed by atoms with Crippen molar-refractivity contribution < 1.29 is 18.8 Å². The molecule has 1 aromatic rings. The van der Waals surface area contributed by atoms with Crippen LogP contribution in [-0.4, -0.2) is 30.6 Å². The molecule has 21 heavy (non-hydrogen) atoms. The van der Waals surface area contributed by atoms with Crippen LogP contribution in [-0.2, 0) is 4.74 Å². The minimum Gasteiger partial charge on any atom is -0.381 e. The molecule has 0 spiro atoms. The molecule has 114 valence electrons. The Morgan fingerprint density at radius 3 is 2.76 bits per heavy atom. The Morgan fingerprint density at radius 2 is 2.14 bits per heavy atom. The van der Waals surface area contributed by atoms with Crippen LogP contribution in [0.15, 0.2) is 12.1 Å². The van der Waals surface area contributed by atoms with Crippen LogP contribution in [0.5, 0.6) is 0 Å². The summed E-state index contributed by atoms with van der Waals surface area (Å²) in [6.45, 7) is 3.14. The van der Waals surface area contributed by atoms with Crippen molar-refractivity contribution >= 4 is 11.6 Å². The molecule has 1 amide bonds. The van der Waals surface area contributed by atoms with E-state index in [0.717, 1.165) is 25.0 Å². The number of amides is 1. The van der Waals surface area contributed by atoms with Gasteiger partial charge in [-0.1, -0.05) is 0 Å². The molecule has 1 aliphatic heterocycles. The maximum absolute atomic E-state index is 14.0. The number of ether oxygens (including phenoxy) is 1. The monoisotopic (exact) mass is 296 g/mol. The highest BCUT2D eigenvalue weighted by Gasteiger charge is 2.21. The Balaban J connectivity index is 2.09. The van der Waals surface area contributed by atoms with Gasteiger partial charge in [-0.25, -0.2) is 4.39 Å². The molecule has 1 saturated heterocycles. The van der Waals surface area contributed by atoms with E-state index in [1.165, 1.54) is 6.92 Å². The van der Waals surface area contributed by atoms with E-state index in [9.17, 15) is 19.3 Å². The maximum atomic E-state index is 14.0. The smallest absolute Gasteiger partial charge is 0.270 e. The highest BCUT2D eigenvalue weighted by Crippen LogP contribution is 2.21. The van der Waals surface area contributed by atoms with Crippen molar-refractivity contribution in [3.05, 3.63) is 39.2 Å². The number of rotatable bonds is 4. The number of benzene rings is 1. The van der Waals surface area contributed by atoms with Crippen LogP contribution in [0.3, 0.4) is 0 Å². The van der Waals surface area contributed by atoms with Gasteiger partial charge in [-0.2, -0.15) is 0 Å². The van der Waals surface area contributed by atoms with E-state index in [2.05, 4.69) is 5.32 Å². The van der Waals surface area contributed by atoms with Gasteiger partial charge in [0.05, 0.1) is 10.5 Å². The van der Waals surface area contributed by atoms with Gasteiger partial charge in [0, 0.05) is 31.9 Å². The molecule has 1 fully saturated rings. The molecule has 6 nitrogen and oxygen atoms in total. The van der Waals surface area contributed by atoms with Crippen LogP contribution < -0.4 is 5.32 Å². The van der Waals surface area contributed by atoms with Crippen molar-refractivity contribution in [2.24, 2.45) is 5.92 Å². The SMILES string of the molecule is Cc1cc([N+](=O)[O-])cc(C(=O)NCC2CCOCC2)c1F. The highest BCUT2D eigenvalue weighted by atomic mass is 19.1. The molecule has 2 rings (SSSR count). The molecule has 0 atom stereocenters. The molecule has 0 unspecified atom stereocenters. The Hall–Kier alpha value is -2.02. The predicted molar refractivity (Wildman–Crippen MR) is 73.7 cm³/mol. The molecule has 1 aliphatic rings. The zero-order chi connectivity index (χ0) is 15.4. The first-order valence-corrected chi connectivity index (χ1v) is 6.79. The second-order valence-corrected chi connectivity index (χ2v) is 5.15. The summed E-state index contributed by atoms with van der Waals surface area (Å²) >= 11 is 0. The molecule has 0 aliphatic carbocycles. The fraction of sp³-hybridized carbons (Fsp3) is 0.500. The second kappa shape index (κ2) is 6.62. The van der Waals surface area contributed by atoms with Gasteiger partial charge in [0.1, 0.15) is 5.82 Å². The highest BCUT2D eigenvalue weighted by molar-refractivity contribution is 5.95. The number of carbonyl (C=O) groups is 1. The van der Waals surface area contributed by atoms with Crippen molar-refractivity contribution in [3.8, 4) is 0 Å². The van der Waals surface area contributed by atoms with E-state index >= 15 is 0 Å². The van der Waals surface area contributed by atoms with Crippen molar-refractivity contribution in [1.29, 1.82) is 0 Å². The lowest BCUT2D eigenvalue weighted by molar-refractivity contribution is -0.385. The van der Waals surface area contributed by atoms with Gasteiger partial charge in [0.25, 0.3) is 11.6 Å². The Labute approximate surface area is 121 Å². The standard InChI is InChI=1S/C14H17FN2O4/c1-9-6-11(17(19)20)7-12(13(9)15)14(18)16-8-10-2-4-21-5-3-10/h6-7,10H,2-5,8H2,1H3,(H,16,18). The first-order chi connectivity index (χ1) is 9.99. The van der Waals surface area contributed by atoms with Gasteiger partial charge in [-0.15, -0.1) is 0 Å². The van der Waals surface area contributed by atoms with E-state index in [1.807, 2.05) is 0 Å². The van der Waals surface area contributed by atoms with Crippen LogP contribution >= 0.6 is 0 Å². The number of nitro benzene ring substituents is 1. The second-order valence-electron chi connectivity index (χ2n) is 5.15. The summed E-state index contributed by atoms with van der Waals surface area (Å²) in [7, 11) is 0. The number of hydrogen-bond acceptors (Lipinski definition) is 4. The third-order valence-corrected chi connectivity index (χ3v) is 3.59. The van der Waals surface area contributed by atoms with Crippen LogP contribution in [0, 0.1) is 28.8 Å². The lowest BCUT2D eigenvalue weighted by Gasteiger charge is -2.22. The summed E-state index contributed by atoms with van der Waals surface area (Å²) in [5.74, 6) is -1.04. The van der Waals surface area contributed by atoms with E-state index in [0.29, 0.717) is 25.7 Å². The molecule has 1 heterocycles. The van der Waals surface area contributed by atoms with Crippen LogP contribution in [0.4, 0.5) is 10.1 Å². The number of carbonyl (C=O) groups excluding carboxylic acids is 1. The van der Waals surface area contributed by atoms with Gasteiger partial charge >= 0.3 is 0 Å². The Bertz CT molecular complexity index is 556. The molecule has 1 aromatic carbocycles. The number of nitro groups is 1. The number of nitrogens with zero attached hydrogens (tertiary/aromatic N) is 1. The molecule has 7 heteroatoms. The van der Waals surface area contributed by atoms with Crippen LogP contribution in [0.1, 0.15) is 28.8 Å². The molecule has 0 radical (unpaired) electrons. The van der Waals surface area contributed by atoms with Gasteiger partial charge in [-0.3, -0.25) is 14.9 Å². The summed E-state index contributed by atoms with van der Waals surface area (Å²) in [6.07, 6.45) is 1.69. The summed E-state index contributed by atoms with van der Waals surface area (Å²) < 4.78 is 19.2. The fourth-order valence-electron chi connectivity index (χ4n) is 2.30. The molecular weight excluding hydrogens is 279 g/mol. The number of aryl methyl sites for hydroxylation is 1. The third-order valence-electron chi connectivity index (χ3n) is 3.59. The van der Waals surface area contributed by atoms with Crippen LogP contribution in [0.2, 0.25) is 0 Å². The van der Waals surface area contributed by atoms with Crippen molar-refractivity contribution in [2.75, 3.05) is 19.8 Å². The lowest BCUT2D eigenvalue weighted by Crippen LogP contribution is -2.32. The van der Waals surface area contributed by atoms with Gasteiger partial charge in [-0.05, 0) is 31.2 Å². The van der Waals surface area contributed by atoms with E-state index in [1.54, 1.807) is 0 Å². The number of nitrogens with one attached hydrogen (secondary N) is 1. The minimum atomic E-state index is -0.718. The number of halogens is 1. The summed E-state index contributed by atoms with van der Waals surface area (Å²) in [5, 5.41) is 13.4. The fourth-order valence-corrected chi connectivity index (χ4v) is 2.30. The van der Waals surface area contributed by atoms with E-state index < -0.39 is 16.6 Å². The first kappa shape index (κ1) is 15.4. The average Bonchev–Trinajstić information content (AvgIpc) is 2.48. The normalized spacial score (nSPS) is 15.7. The average molecular weight is 296 g/mol. The van der Waals surface area contributed by atoms with Crippen molar-refractivity contribution in [2.45, 2.75) is 19.8 Å². The molecule has 0 saturated carbocycles. The van der Waals surface area contributed by atoms with Crippen molar-refractivity contribution in [3.63, 3.8) is 0 Å². The Kier molecular flexibility index (Phi) is 4.85. The topological polar surface area (TPSA) is 81.5 Å². The quantitative estimate of drug-likeness (QED) is 0.682. The first-order valence-electron chi connectivity index (χ1n) is 6.79. The van der Waals surface area contributed by atoms with E-state index in [4.69, 9.17) is 4.74 Å². The largest absolute Gasteiger partial charge is 0.381 e. The molecule has 1 N–H and O–H groups in total. The lowest BCUT2D eigenvalue weighted by atomic mass is 10.00. The summed E-state index contributed by atoms with van der Waals surface area (Å²) in [4.78, 5) is 22.2. The van der Waals surface area contributed by atoms with Gasteiger partial charge in [0.15, 0.2) is 0 Å². The van der Waals surface area contributed by atoms with Crippen molar-refractivity contribution in [1.82, 2.24) is 5.32 Å². The zero-order valence-corrected chi connectivity index (χ0v) is 11.7. The molecule has 0 bridgehead atoms. The molecular formula is C14H17FN2O4. The minimum absolute atomic E-state index is 0.0837. The predicted octanol–water partition coefficient (Wildman–Crippen LogP) is 2.20. The summed E-state index contributed by atoms with van der Waals surface area (Å²) in [5.41, 5.74) is -0.487. The maximum Gasteiger partial charge on any atom is 0.270 e. The van der Waals surface area contributed by atoms with Gasteiger partial charge in [0.2, 0.25) is 0 Å². The van der Waals surface area contributed by atoms with E-state index in [-0.39, 0.29) is 16.8 Å². The Morgan fingerprint density at radius 1 is 1.48 bits per heavy atom. The van der Waals surface area contributed by atoms with Crippen LogP contribution in [0.25, 0.3) is 0 Å². The zero-order valence-electron chi connectivity index (χ0n) is 11.7.